The predicted molar refractivity (Wildman–Crippen MR) is 54.4 cm³/mol. The summed E-state index contributed by atoms with van der Waals surface area (Å²) in [6.45, 7) is 1.52. The average Bonchev–Trinajstić information content (AvgIpc) is 2.15. The molecule has 0 radical (unpaired) electrons. The minimum absolute atomic E-state index is 0.104. The van der Waals surface area contributed by atoms with Gasteiger partial charge in [-0.3, -0.25) is 0 Å². The molecule has 0 aromatic heterocycles. The smallest absolute Gasteiger partial charge is 0.333 e. The Morgan fingerprint density at radius 2 is 1.88 bits per heavy atom. The van der Waals surface area contributed by atoms with E-state index in [0.29, 0.717) is 5.56 Å². The van der Waals surface area contributed by atoms with Crippen molar-refractivity contribution in [1.82, 2.24) is 0 Å². The molecule has 4 nitrogen and oxygen atoms in total. The Hall–Kier alpha value is -1.91. The van der Waals surface area contributed by atoms with E-state index in [1.165, 1.54) is 11.0 Å². The molecule has 84 valence electrons. The number of carbonyl (C=O) groups excluding carboxylic acids is 2. The molecule has 0 aliphatic carbocycles. The van der Waals surface area contributed by atoms with Gasteiger partial charge >= 0.3 is 11.9 Å². The Balaban J connectivity index is 2.36. The zero-order chi connectivity index (χ0) is 11.7. The van der Waals surface area contributed by atoms with Crippen molar-refractivity contribution in [2.75, 3.05) is 18.0 Å². The first kappa shape index (κ1) is 10.6. The molecular formula is C11H10FNO3. The van der Waals surface area contributed by atoms with Crippen LogP contribution < -0.4 is 4.90 Å². The van der Waals surface area contributed by atoms with Crippen LogP contribution in [0.3, 0.4) is 0 Å². The van der Waals surface area contributed by atoms with Crippen molar-refractivity contribution < 1.29 is 18.7 Å². The molecule has 0 N–H and O–H groups in total. The number of anilines is 1. The minimum Gasteiger partial charge on any atom is -0.390 e. The number of nitrogens with zero attached hydrogens (tertiary/aromatic N) is 1. The van der Waals surface area contributed by atoms with Crippen molar-refractivity contribution in [2.24, 2.45) is 0 Å². The molecule has 1 aromatic carbocycles. The van der Waals surface area contributed by atoms with E-state index in [1.54, 1.807) is 19.1 Å². The fraction of sp³-hybridized carbons (Fsp3) is 0.273. The molecule has 2 rings (SSSR count). The first-order valence-electron chi connectivity index (χ1n) is 4.81. The number of rotatable bonds is 1. The fourth-order valence-corrected chi connectivity index (χ4v) is 1.74. The normalized spacial score (nSPS) is 16.2. The summed E-state index contributed by atoms with van der Waals surface area (Å²) in [5.41, 5.74) is 0.968. The molecule has 1 saturated heterocycles. The van der Waals surface area contributed by atoms with Crippen LogP contribution in [0.25, 0.3) is 0 Å². The number of hydrogen-bond acceptors (Lipinski definition) is 4. The van der Waals surface area contributed by atoms with Crippen LogP contribution in [-0.4, -0.2) is 25.0 Å². The highest BCUT2D eigenvalue weighted by molar-refractivity contribution is 5.94. The number of morpholine rings is 1. The SMILES string of the molecule is Cc1cccc(F)c1N1CC(=O)OC(=O)C1. The number of para-hydroxylation sites is 1. The maximum absolute atomic E-state index is 13.6. The molecule has 0 bridgehead atoms. The van der Waals surface area contributed by atoms with Gasteiger partial charge in [0.05, 0.1) is 5.69 Å². The molecule has 0 unspecified atom stereocenters. The lowest BCUT2D eigenvalue weighted by molar-refractivity contribution is -0.160. The highest BCUT2D eigenvalue weighted by Crippen LogP contribution is 2.24. The monoisotopic (exact) mass is 223 g/mol. The number of hydrogen-bond donors (Lipinski definition) is 0. The summed E-state index contributed by atoms with van der Waals surface area (Å²) < 4.78 is 18.0. The largest absolute Gasteiger partial charge is 0.390 e. The van der Waals surface area contributed by atoms with Gasteiger partial charge < -0.3 is 9.64 Å². The minimum atomic E-state index is -0.654. The first-order valence-corrected chi connectivity index (χ1v) is 4.81. The van der Waals surface area contributed by atoms with E-state index < -0.39 is 17.8 Å². The molecule has 1 heterocycles. The number of halogens is 1. The Morgan fingerprint density at radius 3 is 2.44 bits per heavy atom. The number of aryl methyl sites for hydroxylation is 1. The highest BCUT2D eigenvalue weighted by atomic mass is 19.1. The van der Waals surface area contributed by atoms with Crippen LogP contribution in [0.4, 0.5) is 10.1 Å². The van der Waals surface area contributed by atoms with Crippen molar-refractivity contribution >= 4 is 17.6 Å². The third kappa shape index (κ3) is 1.88. The van der Waals surface area contributed by atoms with Gasteiger partial charge in [0.2, 0.25) is 0 Å². The number of benzene rings is 1. The predicted octanol–water partition coefficient (Wildman–Crippen LogP) is 1.02. The zero-order valence-corrected chi connectivity index (χ0v) is 8.70. The van der Waals surface area contributed by atoms with Crippen LogP contribution in [-0.2, 0) is 14.3 Å². The summed E-state index contributed by atoms with van der Waals surface area (Å²) in [4.78, 5) is 23.5. The second-order valence-electron chi connectivity index (χ2n) is 3.61. The average molecular weight is 223 g/mol. The lowest BCUT2D eigenvalue weighted by Crippen LogP contribution is -2.43. The first-order chi connectivity index (χ1) is 7.58. The lowest BCUT2D eigenvalue weighted by Gasteiger charge is -2.27. The van der Waals surface area contributed by atoms with Crippen LogP contribution in [0.2, 0.25) is 0 Å². The van der Waals surface area contributed by atoms with Gasteiger partial charge in [0.25, 0.3) is 0 Å². The second-order valence-corrected chi connectivity index (χ2v) is 3.61. The fourth-order valence-electron chi connectivity index (χ4n) is 1.74. The van der Waals surface area contributed by atoms with Crippen molar-refractivity contribution in [3.8, 4) is 0 Å². The Bertz CT molecular complexity index is 422. The van der Waals surface area contributed by atoms with Gasteiger partial charge in [-0.05, 0) is 18.6 Å². The summed E-state index contributed by atoms with van der Waals surface area (Å²) in [5.74, 6) is -1.75. The van der Waals surface area contributed by atoms with Crippen molar-refractivity contribution in [3.05, 3.63) is 29.6 Å². The number of carbonyl (C=O) groups is 2. The van der Waals surface area contributed by atoms with Crippen molar-refractivity contribution in [1.29, 1.82) is 0 Å². The van der Waals surface area contributed by atoms with Gasteiger partial charge in [0.1, 0.15) is 18.9 Å². The standard InChI is InChI=1S/C11H10FNO3/c1-7-3-2-4-8(12)11(7)13-5-9(14)16-10(15)6-13/h2-4H,5-6H2,1H3. The van der Waals surface area contributed by atoms with Gasteiger partial charge in [-0.25, -0.2) is 14.0 Å². The maximum Gasteiger partial charge on any atom is 0.333 e. The van der Waals surface area contributed by atoms with Gasteiger partial charge in [-0.1, -0.05) is 12.1 Å². The molecule has 16 heavy (non-hydrogen) atoms. The Labute approximate surface area is 91.6 Å². The molecule has 5 heteroatoms. The topological polar surface area (TPSA) is 46.6 Å². The molecule has 0 spiro atoms. The summed E-state index contributed by atoms with van der Waals surface area (Å²) >= 11 is 0. The van der Waals surface area contributed by atoms with E-state index >= 15 is 0 Å². The summed E-state index contributed by atoms with van der Waals surface area (Å²) in [6, 6.07) is 4.60. The number of cyclic esters (lactones) is 2. The highest BCUT2D eigenvalue weighted by Gasteiger charge is 2.27. The van der Waals surface area contributed by atoms with Gasteiger partial charge in [0, 0.05) is 0 Å². The third-order valence-electron chi connectivity index (χ3n) is 2.37. The van der Waals surface area contributed by atoms with E-state index in [-0.39, 0.29) is 18.8 Å². The van der Waals surface area contributed by atoms with Crippen LogP contribution in [0.15, 0.2) is 18.2 Å². The number of esters is 2. The third-order valence-corrected chi connectivity index (χ3v) is 2.37. The van der Waals surface area contributed by atoms with Crippen LogP contribution in [0.5, 0.6) is 0 Å². The zero-order valence-electron chi connectivity index (χ0n) is 8.70. The molecule has 0 saturated carbocycles. The molecule has 1 fully saturated rings. The molecule has 1 aromatic rings. The van der Waals surface area contributed by atoms with E-state index in [9.17, 15) is 14.0 Å². The van der Waals surface area contributed by atoms with E-state index in [1.807, 2.05) is 0 Å². The van der Waals surface area contributed by atoms with Gasteiger partial charge in [-0.15, -0.1) is 0 Å². The molecule has 1 aliphatic rings. The van der Waals surface area contributed by atoms with Crippen LogP contribution in [0, 0.1) is 12.7 Å². The van der Waals surface area contributed by atoms with E-state index in [0.717, 1.165) is 0 Å². The Morgan fingerprint density at radius 1 is 1.25 bits per heavy atom. The summed E-state index contributed by atoms with van der Waals surface area (Å²) in [7, 11) is 0. The van der Waals surface area contributed by atoms with Crippen molar-refractivity contribution in [2.45, 2.75) is 6.92 Å². The van der Waals surface area contributed by atoms with Crippen LogP contribution in [0.1, 0.15) is 5.56 Å². The number of ether oxygens (including phenoxy) is 1. The van der Waals surface area contributed by atoms with E-state index in [4.69, 9.17) is 0 Å². The molecule has 0 atom stereocenters. The molecule has 0 amide bonds. The summed E-state index contributed by atoms with van der Waals surface area (Å²) in [5, 5.41) is 0. The maximum atomic E-state index is 13.6. The summed E-state index contributed by atoms with van der Waals surface area (Å²) in [6.07, 6.45) is 0. The lowest BCUT2D eigenvalue weighted by atomic mass is 10.1. The van der Waals surface area contributed by atoms with Gasteiger partial charge in [0.15, 0.2) is 0 Å². The van der Waals surface area contributed by atoms with E-state index in [2.05, 4.69) is 4.74 Å². The van der Waals surface area contributed by atoms with Crippen molar-refractivity contribution in [3.63, 3.8) is 0 Å². The van der Waals surface area contributed by atoms with Crippen LogP contribution >= 0.6 is 0 Å². The quantitative estimate of drug-likeness (QED) is 0.527. The Kier molecular flexibility index (Phi) is 2.60. The molecular weight excluding hydrogens is 213 g/mol. The molecule has 1 aliphatic heterocycles. The van der Waals surface area contributed by atoms with Gasteiger partial charge in [-0.2, -0.15) is 0 Å². The second kappa shape index (κ2) is 3.92.